The summed E-state index contributed by atoms with van der Waals surface area (Å²) in [5.41, 5.74) is 1.51. The van der Waals surface area contributed by atoms with Gasteiger partial charge in [-0.05, 0) is 38.5 Å². The maximum atomic E-state index is 13.2. The minimum Gasteiger partial charge on any atom is -0.302 e. The van der Waals surface area contributed by atoms with Crippen LogP contribution in [0.25, 0.3) is 0 Å². The number of piperidine rings is 2. The molecule has 1 aromatic heterocycles. The van der Waals surface area contributed by atoms with Crippen LogP contribution in [0.15, 0.2) is 17.8 Å². The zero-order valence-electron chi connectivity index (χ0n) is 14.9. The highest BCUT2D eigenvalue weighted by molar-refractivity contribution is 7.15. The van der Waals surface area contributed by atoms with E-state index < -0.39 is 6.30 Å². The van der Waals surface area contributed by atoms with Crippen LogP contribution in [0.4, 0.5) is 9.52 Å². The number of amides is 1. The fourth-order valence-electron chi connectivity index (χ4n) is 3.61. The van der Waals surface area contributed by atoms with Crippen LogP contribution in [0.2, 0.25) is 0 Å². The second kappa shape index (κ2) is 8.38. The summed E-state index contributed by atoms with van der Waals surface area (Å²) in [6, 6.07) is 0.483. The molecule has 25 heavy (non-hydrogen) atoms. The number of carbonyl (C=O) groups excluding carboxylic acids is 1. The van der Waals surface area contributed by atoms with Crippen LogP contribution in [-0.2, 0) is 11.3 Å². The van der Waals surface area contributed by atoms with E-state index in [1.54, 1.807) is 11.3 Å². The third kappa shape index (κ3) is 5.33. The minimum absolute atomic E-state index is 0.0849. The van der Waals surface area contributed by atoms with Crippen LogP contribution < -0.4 is 10.6 Å². The number of halogens is 1. The van der Waals surface area contributed by atoms with Crippen molar-refractivity contribution in [2.75, 3.05) is 18.4 Å². The highest BCUT2D eigenvalue weighted by Gasteiger charge is 2.24. The normalized spacial score (nSPS) is 29.7. The summed E-state index contributed by atoms with van der Waals surface area (Å²) < 4.78 is 13.2. The minimum atomic E-state index is -0.822. The number of alkyl halides is 1. The number of nitrogens with zero attached hydrogens (tertiary/aromatic N) is 2. The lowest BCUT2D eigenvalue weighted by Crippen LogP contribution is -2.38. The quantitative estimate of drug-likeness (QED) is 0.634. The van der Waals surface area contributed by atoms with Crippen molar-refractivity contribution in [2.24, 2.45) is 5.92 Å². The topological polar surface area (TPSA) is 57.3 Å². The van der Waals surface area contributed by atoms with Gasteiger partial charge in [0.15, 0.2) is 11.4 Å². The Morgan fingerprint density at radius 1 is 1.56 bits per heavy atom. The number of thiazole rings is 1. The lowest BCUT2D eigenvalue weighted by Gasteiger charge is -2.35. The number of aromatic nitrogens is 1. The smallest absolute Gasteiger partial charge is 0.223 e. The molecule has 0 radical (unpaired) electrons. The zero-order chi connectivity index (χ0) is 17.8. The van der Waals surface area contributed by atoms with Crippen molar-refractivity contribution < 1.29 is 9.18 Å². The number of anilines is 1. The maximum absolute atomic E-state index is 13.2. The molecule has 0 spiro atoms. The molecule has 2 fully saturated rings. The number of nitrogens with one attached hydrogen (secondary N) is 2. The molecule has 5 nitrogen and oxygen atoms in total. The molecular formula is C18H27FN4OS. The van der Waals surface area contributed by atoms with Crippen molar-refractivity contribution in [3.05, 3.63) is 22.7 Å². The third-order valence-electron chi connectivity index (χ3n) is 4.96. The van der Waals surface area contributed by atoms with E-state index in [9.17, 15) is 9.18 Å². The molecule has 2 aliphatic heterocycles. The van der Waals surface area contributed by atoms with E-state index in [4.69, 9.17) is 0 Å². The highest BCUT2D eigenvalue weighted by atomic mass is 32.1. The molecule has 0 bridgehead atoms. The summed E-state index contributed by atoms with van der Waals surface area (Å²) in [6.07, 6.45) is 7.14. The Morgan fingerprint density at radius 3 is 3.08 bits per heavy atom. The number of hydrogen-bond donors (Lipinski definition) is 2. The van der Waals surface area contributed by atoms with Gasteiger partial charge in [0.25, 0.3) is 0 Å². The molecule has 2 saturated heterocycles. The molecule has 2 N–H and O–H groups in total. The van der Waals surface area contributed by atoms with E-state index in [0.717, 1.165) is 38.9 Å². The van der Waals surface area contributed by atoms with Gasteiger partial charge in [0, 0.05) is 43.7 Å². The van der Waals surface area contributed by atoms with E-state index in [1.807, 2.05) is 6.20 Å². The van der Waals surface area contributed by atoms with Crippen molar-refractivity contribution >= 4 is 22.4 Å². The van der Waals surface area contributed by atoms with Crippen molar-refractivity contribution in [3.8, 4) is 0 Å². The molecule has 0 aliphatic carbocycles. The summed E-state index contributed by atoms with van der Waals surface area (Å²) in [5.74, 6) is 0.390. The second-order valence-corrected chi connectivity index (χ2v) is 8.24. The molecule has 3 rings (SSSR count). The Morgan fingerprint density at radius 2 is 2.40 bits per heavy atom. The van der Waals surface area contributed by atoms with Crippen molar-refractivity contribution in [2.45, 2.75) is 58.4 Å². The Labute approximate surface area is 152 Å². The van der Waals surface area contributed by atoms with E-state index in [1.165, 1.54) is 17.4 Å². The highest BCUT2D eigenvalue weighted by Crippen LogP contribution is 2.28. The first kappa shape index (κ1) is 18.5. The fraction of sp³-hybridized carbons (Fsp3) is 0.667. The van der Waals surface area contributed by atoms with Gasteiger partial charge < -0.3 is 5.32 Å². The fourth-order valence-corrected chi connectivity index (χ4v) is 4.50. The van der Waals surface area contributed by atoms with Gasteiger partial charge in [-0.1, -0.05) is 11.6 Å². The lowest BCUT2D eigenvalue weighted by molar-refractivity contribution is -0.114. The first-order valence-corrected chi connectivity index (χ1v) is 9.84. The van der Waals surface area contributed by atoms with Crippen molar-refractivity contribution in [1.29, 1.82) is 0 Å². The van der Waals surface area contributed by atoms with Gasteiger partial charge in [-0.2, -0.15) is 0 Å². The average Bonchev–Trinajstić information content (AvgIpc) is 2.98. The Balaban J connectivity index is 1.51. The molecule has 1 aromatic rings. The van der Waals surface area contributed by atoms with Crippen LogP contribution >= 0.6 is 11.3 Å². The summed E-state index contributed by atoms with van der Waals surface area (Å²) in [5, 5.41) is 6.34. The summed E-state index contributed by atoms with van der Waals surface area (Å²) in [7, 11) is 0. The van der Waals surface area contributed by atoms with Gasteiger partial charge in [0.2, 0.25) is 5.91 Å². The SMILES string of the molecule is CC(=O)Nc1ncc(CN2CC/C(=C\C3CCC(F)NC3)C[C@@H]2C)s1. The molecule has 3 atom stereocenters. The second-order valence-electron chi connectivity index (χ2n) is 7.12. The van der Waals surface area contributed by atoms with Crippen LogP contribution in [0.3, 0.4) is 0 Å². The zero-order valence-corrected chi connectivity index (χ0v) is 15.7. The van der Waals surface area contributed by atoms with Gasteiger partial charge in [0.1, 0.15) is 0 Å². The summed E-state index contributed by atoms with van der Waals surface area (Å²) in [4.78, 5) is 19.0. The molecule has 7 heteroatoms. The Hall–Kier alpha value is -1.31. The van der Waals surface area contributed by atoms with Crippen LogP contribution in [-0.4, -0.2) is 41.2 Å². The van der Waals surface area contributed by atoms with Gasteiger partial charge in [0.05, 0.1) is 0 Å². The molecule has 2 aliphatic rings. The molecular weight excluding hydrogens is 339 g/mol. The number of hydrogen-bond acceptors (Lipinski definition) is 5. The van der Waals surface area contributed by atoms with Crippen LogP contribution in [0.1, 0.15) is 44.4 Å². The monoisotopic (exact) mass is 366 g/mol. The average molecular weight is 367 g/mol. The molecule has 138 valence electrons. The van der Waals surface area contributed by atoms with Gasteiger partial charge >= 0.3 is 0 Å². The van der Waals surface area contributed by atoms with Gasteiger partial charge in [-0.15, -0.1) is 11.3 Å². The predicted molar refractivity (Wildman–Crippen MR) is 99.2 cm³/mol. The predicted octanol–water partition coefficient (Wildman–Crippen LogP) is 3.31. The van der Waals surface area contributed by atoms with E-state index in [2.05, 4.69) is 33.5 Å². The number of rotatable bonds is 4. The molecule has 0 aromatic carbocycles. The third-order valence-corrected chi connectivity index (χ3v) is 5.86. The molecule has 0 saturated carbocycles. The number of carbonyl (C=O) groups is 1. The molecule has 2 unspecified atom stereocenters. The van der Waals surface area contributed by atoms with E-state index in [-0.39, 0.29) is 5.91 Å². The lowest BCUT2D eigenvalue weighted by atomic mass is 9.90. The Bertz CT molecular complexity index is 624. The number of likely N-dealkylation sites (tertiary alicyclic amines) is 1. The van der Waals surface area contributed by atoms with E-state index in [0.29, 0.717) is 23.5 Å². The first-order valence-electron chi connectivity index (χ1n) is 9.03. The largest absolute Gasteiger partial charge is 0.302 e. The van der Waals surface area contributed by atoms with Gasteiger partial charge in [-0.3, -0.25) is 15.0 Å². The van der Waals surface area contributed by atoms with Gasteiger partial charge in [-0.25, -0.2) is 9.37 Å². The maximum Gasteiger partial charge on any atom is 0.223 e. The summed E-state index contributed by atoms with van der Waals surface area (Å²) >= 11 is 1.54. The standard InChI is InChI=1S/C18H27FN4OS/c1-12-7-14(8-15-3-4-17(19)20-9-15)5-6-23(12)11-16-10-21-18(25-16)22-13(2)24/h8,10,12,15,17,20H,3-7,9,11H2,1-2H3,(H,21,22,24)/b14-8+/t12-,15?,17?/m0/s1. The molecule has 1 amide bonds. The van der Waals surface area contributed by atoms with Crippen LogP contribution in [0.5, 0.6) is 0 Å². The van der Waals surface area contributed by atoms with Crippen molar-refractivity contribution in [1.82, 2.24) is 15.2 Å². The van der Waals surface area contributed by atoms with E-state index >= 15 is 0 Å². The first-order chi connectivity index (χ1) is 12.0. The molecule has 3 heterocycles. The Kier molecular flexibility index (Phi) is 6.19. The van der Waals surface area contributed by atoms with Crippen molar-refractivity contribution in [3.63, 3.8) is 0 Å². The summed E-state index contributed by atoms with van der Waals surface area (Å²) in [6.45, 7) is 6.43. The van der Waals surface area contributed by atoms with Crippen LogP contribution in [0, 0.1) is 5.92 Å².